The van der Waals surface area contributed by atoms with E-state index in [1.807, 2.05) is 0 Å². The Bertz CT molecular complexity index is 490. The van der Waals surface area contributed by atoms with E-state index < -0.39 is 11.6 Å². The Morgan fingerprint density at radius 1 is 1.30 bits per heavy atom. The highest BCUT2D eigenvalue weighted by Gasteiger charge is 2.36. The second kappa shape index (κ2) is 5.40. The van der Waals surface area contributed by atoms with Gasteiger partial charge in [0, 0.05) is 6.54 Å². The molecule has 20 heavy (non-hydrogen) atoms. The highest BCUT2D eigenvalue weighted by Crippen LogP contribution is 2.40. The zero-order chi connectivity index (χ0) is 14.8. The zero-order valence-electron chi connectivity index (χ0n) is 12.0. The molecule has 1 aliphatic rings. The van der Waals surface area contributed by atoms with E-state index in [2.05, 4.69) is 24.1 Å². The number of nitrogens with one attached hydrogen (secondary N) is 1. The smallest absolute Gasteiger partial charge is 0.354 e. The van der Waals surface area contributed by atoms with E-state index in [0.717, 1.165) is 25.7 Å². The first-order chi connectivity index (χ1) is 9.30. The van der Waals surface area contributed by atoms with Crippen LogP contribution in [0.5, 0.6) is 0 Å². The topological polar surface area (TPSA) is 82.5 Å². The van der Waals surface area contributed by atoms with Crippen molar-refractivity contribution in [2.75, 3.05) is 11.9 Å². The number of hydrogen-bond donors (Lipinski definition) is 3. The highest BCUT2D eigenvalue weighted by molar-refractivity contribution is 5.85. The van der Waals surface area contributed by atoms with Gasteiger partial charge in [-0.2, -0.15) is 0 Å². The number of rotatable bonds is 4. The van der Waals surface area contributed by atoms with Crippen LogP contribution in [0.15, 0.2) is 18.2 Å². The average Bonchev–Trinajstić information content (AvgIpc) is 2.41. The summed E-state index contributed by atoms with van der Waals surface area (Å²) in [5.41, 5.74) is -0.420. The van der Waals surface area contributed by atoms with Gasteiger partial charge in [0.25, 0.3) is 0 Å². The lowest BCUT2D eigenvalue weighted by Gasteiger charge is -2.40. The summed E-state index contributed by atoms with van der Waals surface area (Å²) in [6.45, 7) is 4.84. The number of carbonyl (C=O) groups is 1. The molecular formula is C15H22N2O3. The summed E-state index contributed by atoms with van der Waals surface area (Å²) in [4.78, 5) is 14.8. The molecule has 0 unspecified atom stereocenters. The molecule has 1 aliphatic carbocycles. The van der Waals surface area contributed by atoms with Crippen LogP contribution >= 0.6 is 0 Å². The summed E-state index contributed by atoms with van der Waals surface area (Å²) in [7, 11) is 0. The Hall–Kier alpha value is -1.62. The number of aromatic nitrogens is 1. The molecule has 1 saturated carbocycles. The van der Waals surface area contributed by atoms with Crippen molar-refractivity contribution < 1.29 is 15.0 Å². The number of pyridine rings is 1. The van der Waals surface area contributed by atoms with Gasteiger partial charge in [-0.3, -0.25) is 0 Å². The lowest BCUT2D eigenvalue weighted by Crippen LogP contribution is -2.42. The van der Waals surface area contributed by atoms with Crippen LogP contribution < -0.4 is 5.32 Å². The van der Waals surface area contributed by atoms with Crippen LogP contribution in [0.4, 0.5) is 5.82 Å². The van der Waals surface area contributed by atoms with Crippen molar-refractivity contribution in [3.8, 4) is 0 Å². The zero-order valence-corrected chi connectivity index (χ0v) is 12.0. The lowest BCUT2D eigenvalue weighted by molar-refractivity contribution is -0.0145. The number of hydrogen-bond acceptors (Lipinski definition) is 4. The van der Waals surface area contributed by atoms with E-state index in [1.54, 1.807) is 12.1 Å². The predicted molar refractivity (Wildman–Crippen MR) is 76.9 cm³/mol. The molecule has 1 heterocycles. The molecule has 0 spiro atoms. The highest BCUT2D eigenvalue weighted by atomic mass is 16.4. The number of aromatic carboxylic acids is 1. The van der Waals surface area contributed by atoms with Gasteiger partial charge < -0.3 is 15.5 Å². The van der Waals surface area contributed by atoms with E-state index in [9.17, 15) is 9.90 Å². The molecular weight excluding hydrogens is 256 g/mol. The van der Waals surface area contributed by atoms with E-state index in [-0.39, 0.29) is 5.69 Å². The minimum absolute atomic E-state index is 0.00627. The van der Waals surface area contributed by atoms with Crippen LogP contribution in [-0.2, 0) is 0 Å². The van der Waals surface area contributed by atoms with E-state index >= 15 is 0 Å². The number of nitrogens with zero attached hydrogens (tertiary/aromatic N) is 1. The van der Waals surface area contributed by atoms with E-state index in [0.29, 0.717) is 17.8 Å². The van der Waals surface area contributed by atoms with Gasteiger partial charge in [-0.25, -0.2) is 9.78 Å². The molecule has 0 radical (unpaired) electrons. The molecule has 3 N–H and O–H groups in total. The van der Waals surface area contributed by atoms with Crippen molar-refractivity contribution in [3.63, 3.8) is 0 Å². The minimum atomic E-state index is -1.05. The molecule has 1 fully saturated rings. The van der Waals surface area contributed by atoms with Crippen LogP contribution in [0.3, 0.4) is 0 Å². The Kier molecular flexibility index (Phi) is 3.99. The van der Waals surface area contributed by atoms with Gasteiger partial charge in [-0.05, 0) is 43.2 Å². The Balaban J connectivity index is 1.95. The number of anilines is 1. The van der Waals surface area contributed by atoms with Gasteiger partial charge in [0.05, 0.1) is 5.60 Å². The SMILES string of the molecule is CC1(C)CCC(O)(CNc2cccc(C(=O)O)n2)CC1. The molecule has 1 aromatic heterocycles. The summed E-state index contributed by atoms with van der Waals surface area (Å²) in [6, 6.07) is 4.81. The molecule has 0 aromatic carbocycles. The molecule has 5 heteroatoms. The monoisotopic (exact) mass is 278 g/mol. The van der Waals surface area contributed by atoms with Gasteiger partial charge in [0.2, 0.25) is 0 Å². The molecule has 0 bridgehead atoms. The quantitative estimate of drug-likeness (QED) is 0.788. The van der Waals surface area contributed by atoms with Crippen molar-refractivity contribution in [1.29, 1.82) is 0 Å². The van der Waals surface area contributed by atoms with Crippen molar-refractivity contribution in [3.05, 3.63) is 23.9 Å². The van der Waals surface area contributed by atoms with Gasteiger partial charge >= 0.3 is 5.97 Å². The summed E-state index contributed by atoms with van der Waals surface area (Å²) < 4.78 is 0. The van der Waals surface area contributed by atoms with Gasteiger partial charge in [-0.1, -0.05) is 19.9 Å². The molecule has 0 atom stereocenters. The molecule has 1 aromatic rings. The van der Waals surface area contributed by atoms with E-state index in [1.165, 1.54) is 6.07 Å². The maximum Gasteiger partial charge on any atom is 0.354 e. The fourth-order valence-corrected chi connectivity index (χ4v) is 2.48. The van der Waals surface area contributed by atoms with Gasteiger partial charge in [-0.15, -0.1) is 0 Å². The average molecular weight is 278 g/mol. The number of carboxylic acids is 1. The van der Waals surface area contributed by atoms with Crippen molar-refractivity contribution in [2.24, 2.45) is 5.41 Å². The first-order valence-corrected chi connectivity index (χ1v) is 6.96. The molecule has 5 nitrogen and oxygen atoms in total. The predicted octanol–water partition coefficient (Wildman–Crippen LogP) is 2.52. The Morgan fingerprint density at radius 2 is 1.95 bits per heavy atom. The summed E-state index contributed by atoms with van der Waals surface area (Å²) >= 11 is 0. The second-order valence-electron chi connectivity index (χ2n) is 6.46. The fraction of sp³-hybridized carbons (Fsp3) is 0.600. The molecule has 0 aliphatic heterocycles. The third-order valence-corrected chi connectivity index (χ3v) is 4.10. The van der Waals surface area contributed by atoms with Crippen LogP contribution in [0.25, 0.3) is 0 Å². The fourth-order valence-electron chi connectivity index (χ4n) is 2.48. The van der Waals surface area contributed by atoms with Crippen LogP contribution in [0.2, 0.25) is 0 Å². The van der Waals surface area contributed by atoms with Crippen LogP contribution in [-0.4, -0.2) is 33.3 Å². The van der Waals surface area contributed by atoms with Crippen LogP contribution in [0.1, 0.15) is 50.0 Å². The van der Waals surface area contributed by atoms with Crippen molar-refractivity contribution in [2.45, 2.75) is 45.1 Å². The molecule has 0 saturated heterocycles. The van der Waals surface area contributed by atoms with Gasteiger partial charge in [0.15, 0.2) is 5.69 Å². The molecule has 0 amide bonds. The first kappa shape index (κ1) is 14.8. The standard InChI is InChI=1S/C15H22N2O3/c1-14(2)6-8-15(20,9-7-14)10-16-12-5-3-4-11(17-12)13(18)19/h3-5,20H,6-10H2,1-2H3,(H,16,17)(H,18,19). The Labute approximate surface area is 119 Å². The van der Waals surface area contributed by atoms with Crippen molar-refractivity contribution >= 4 is 11.8 Å². The van der Waals surface area contributed by atoms with E-state index in [4.69, 9.17) is 5.11 Å². The summed E-state index contributed by atoms with van der Waals surface area (Å²) in [6.07, 6.45) is 3.50. The van der Waals surface area contributed by atoms with Crippen LogP contribution in [0, 0.1) is 5.41 Å². The molecule has 110 valence electrons. The van der Waals surface area contributed by atoms with Crippen molar-refractivity contribution in [1.82, 2.24) is 4.98 Å². The number of carboxylic acid groups (broad SMARTS) is 1. The molecule has 2 rings (SSSR count). The number of aliphatic hydroxyl groups is 1. The maximum absolute atomic E-state index is 10.9. The normalized spacial score (nSPS) is 20.4. The maximum atomic E-state index is 10.9. The lowest BCUT2D eigenvalue weighted by atomic mass is 9.71. The summed E-state index contributed by atoms with van der Waals surface area (Å²) in [5, 5.41) is 22.5. The second-order valence-corrected chi connectivity index (χ2v) is 6.46. The largest absolute Gasteiger partial charge is 0.477 e. The minimum Gasteiger partial charge on any atom is -0.477 e. The van der Waals surface area contributed by atoms with Gasteiger partial charge in [0.1, 0.15) is 5.82 Å². The Morgan fingerprint density at radius 3 is 2.55 bits per heavy atom. The third kappa shape index (κ3) is 3.70. The first-order valence-electron chi connectivity index (χ1n) is 6.96. The third-order valence-electron chi connectivity index (χ3n) is 4.10. The summed E-state index contributed by atoms with van der Waals surface area (Å²) in [5.74, 6) is -0.560.